The number of ether oxygens (including phenoxy) is 3. The standard InChI is InChI=1S/C44H54N6O9S/c1-5-27-23-44(27,42(53)49-60(55,56)31-16-17-31)48-40(51)37-21-30(24-50(37)41(52)39(25(2)3)47-43(54)59-28-11-7-8-12-28)58-38-22-36(46-35-20-29(57-4)15-18-32(35)38)34-19-14-26-10-6-9-13-33(26)45-34/h5,14-15,18-20,22,25,27-28,30-31,37,39H,1,6-13,16-17,21,23-24H2,2-4H3,(H,47,54)(H,48,51)(H,49,53)/t27-,30-,37+,39+,44-/m1/s1. The van der Waals surface area contributed by atoms with Gasteiger partial charge in [0, 0.05) is 35.6 Å². The number of aryl methyl sites for hydroxylation is 2. The fraction of sp³-hybridized carbons (Fsp3) is 0.545. The summed E-state index contributed by atoms with van der Waals surface area (Å²) >= 11 is 0. The van der Waals surface area contributed by atoms with Crippen molar-refractivity contribution in [2.45, 2.75) is 126 Å². The van der Waals surface area contributed by atoms with E-state index in [-0.39, 0.29) is 31.4 Å². The highest BCUT2D eigenvalue weighted by atomic mass is 32.2. The predicted molar refractivity (Wildman–Crippen MR) is 222 cm³/mol. The number of alkyl carbamates (subject to hydrolysis) is 1. The summed E-state index contributed by atoms with van der Waals surface area (Å²) in [5, 5.41) is 5.64. The van der Waals surface area contributed by atoms with Crippen molar-refractivity contribution in [2.24, 2.45) is 11.8 Å². The summed E-state index contributed by atoms with van der Waals surface area (Å²) < 4.78 is 45.8. The second-order valence-corrected chi connectivity index (χ2v) is 19.2. The van der Waals surface area contributed by atoms with E-state index >= 15 is 0 Å². The normalized spacial score (nSPS) is 24.3. The van der Waals surface area contributed by atoms with Gasteiger partial charge in [-0.2, -0.15) is 0 Å². The third-order valence-corrected chi connectivity index (χ3v) is 14.4. The zero-order chi connectivity index (χ0) is 42.3. The van der Waals surface area contributed by atoms with E-state index in [9.17, 15) is 27.6 Å². The average Bonchev–Trinajstić information content (AvgIpc) is 4.12. The van der Waals surface area contributed by atoms with Crippen molar-refractivity contribution >= 4 is 44.7 Å². The lowest BCUT2D eigenvalue weighted by Crippen LogP contribution is -2.59. The maximum atomic E-state index is 14.6. The Bertz CT molecular complexity index is 2310. The lowest BCUT2D eigenvalue weighted by atomic mass is 9.95. The van der Waals surface area contributed by atoms with Crippen LogP contribution in [0.25, 0.3) is 22.3 Å². The van der Waals surface area contributed by atoms with E-state index in [2.05, 4.69) is 28.0 Å². The number of methoxy groups -OCH3 is 1. The van der Waals surface area contributed by atoms with E-state index in [1.54, 1.807) is 27.0 Å². The summed E-state index contributed by atoms with van der Waals surface area (Å²) in [4.78, 5) is 67.2. The van der Waals surface area contributed by atoms with Crippen molar-refractivity contribution in [3.8, 4) is 22.9 Å². The van der Waals surface area contributed by atoms with Gasteiger partial charge in [-0.3, -0.25) is 24.1 Å². The number of fused-ring (bicyclic) bond motifs is 2. The van der Waals surface area contributed by atoms with E-state index < -0.39 is 68.7 Å². The largest absolute Gasteiger partial charge is 0.497 e. The number of rotatable bonds is 14. The molecular weight excluding hydrogens is 789 g/mol. The first-order valence-corrected chi connectivity index (χ1v) is 22.8. The molecule has 5 atom stereocenters. The second kappa shape index (κ2) is 16.7. The summed E-state index contributed by atoms with van der Waals surface area (Å²) in [7, 11) is -2.34. The highest BCUT2D eigenvalue weighted by Crippen LogP contribution is 2.46. The number of likely N-dealkylation sites (tertiary alicyclic amines) is 1. The Hall–Kier alpha value is -5.25. The molecule has 0 unspecified atom stereocenters. The summed E-state index contributed by atoms with van der Waals surface area (Å²) in [6.07, 6.45) is 8.44. The van der Waals surface area contributed by atoms with Crippen LogP contribution in [0.15, 0.2) is 49.1 Å². The molecule has 3 aromatic rings. The van der Waals surface area contributed by atoms with Gasteiger partial charge in [0.25, 0.3) is 5.91 Å². The molecule has 1 saturated heterocycles. The van der Waals surface area contributed by atoms with Crippen LogP contribution < -0.4 is 24.8 Å². The van der Waals surface area contributed by atoms with Gasteiger partial charge in [-0.05, 0) is 100 Å². The van der Waals surface area contributed by atoms with Crippen LogP contribution in [0.1, 0.15) is 89.3 Å². The van der Waals surface area contributed by atoms with E-state index in [0.29, 0.717) is 46.6 Å². The second-order valence-electron chi connectivity index (χ2n) is 17.2. The third kappa shape index (κ3) is 8.52. The van der Waals surface area contributed by atoms with Gasteiger partial charge in [-0.25, -0.2) is 18.2 Å². The maximum absolute atomic E-state index is 14.6. The maximum Gasteiger partial charge on any atom is 0.408 e. The number of carbonyl (C=O) groups excluding carboxylic acids is 4. The number of sulfonamides is 1. The average molecular weight is 843 g/mol. The molecule has 5 aliphatic rings. The van der Waals surface area contributed by atoms with Gasteiger partial charge in [0.2, 0.25) is 21.8 Å². The van der Waals surface area contributed by atoms with Crippen LogP contribution in [-0.2, 0) is 42.0 Å². The van der Waals surface area contributed by atoms with Crippen molar-refractivity contribution in [1.82, 2.24) is 30.2 Å². The molecule has 0 spiro atoms. The van der Waals surface area contributed by atoms with Gasteiger partial charge in [-0.1, -0.05) is 26.0 Å². The number of amides is 4. The smallest absolute Gasteiger partial charge is 0.408 e. The van der Waals surface area contributed by atoms with Gasteiger partial charge >= 0.3 is 6.09 Å². The molecule has 4 amide bonds. The first kappa shape index (κ1) is 41.5. The number of nitrogens with zero attached hydrogens (tertiary/aromatic N) is 3. The zero-order valence-corrected chi connectivity index (χ0v) is 35.2. The van der Waals surface area contributed by atoms with Crippen molar-refractivity contribution in [1.29, 1.82) is 0 Å². The van der Waals surface area contributed by atoms with Gasteiger partial charge < -0.3 is 29.7 Å². The molecule has 3 N–H and O–H groups in total. The molecule has 3 heterocycles. The molecule has 3 saturated carbocycles. The quantitative estimate of drug-likeness (QED) is 0.187. The Morgan fingerprint density at radius 2 is 1.72 bits per heavy atom. The van der Waals surface area contributed by atoms with Crippen LogP contribution in [0.2, 0.25) is 0 Å². The summed E-state index contributed by atoms with van der Waals surface area (Å²) in [6, 6.07) is 9.15. The van der Waals surface area contributed by atoms with E-state index in [0.717, 1.165) is 57.1 Å². The van der Waals surface area contributed by atoms with Crippen molar-refractivity contribution in [3.05, 3.63) is 60.3 Å². The molecule has 0 bridgehead atoms. The van der Waals surface area contributed by atoms with Gasteiger partial charge in [0.1, 0.15) is 41.3 Å². The molecule has 4 aliphatic carbocycles. The first-order chi connectivity index (χ1) is 28.8. The molecule has 1 aliphatic heterocycles. The number of nitrogens with one attached hydrogen (secondary N) is 3. The minimum Gasteiger partial charge on any atom is -0.497 e. The molecule has 2 aromatic heterocycles. The Kier molecular flexibility index (Phi) is 11.5. The highest BCUT2D eigenvalue weighted by Gasteiger charge is 2.62. The SMILES string of the molecule is C=C[C@@H]1C[C@]1(NC(=O)[C@@H]1C[C@@H](Oc2cc(-c3ccc4c(n3)CCCC4)nc3cc(OC)ccc23)CN1C(=O)[C@@H](NC(=O)OC1CCCC1)C(C)C)C(=O)NS(=O)(=O)C1CC1. The molecule has 320 valence electrons. The molecule has 16 heteroatoms. The molecule has 4 fully saturated rings. The van der Waals surface area contributed by atoms with Crippen LogP contribution in [0.4, 0.5) is 4.79 Å². The fourth-order valence-electron chi connectivity index (χ4n) is 8.84. The number of pyridine rings is 2. The molecule has 60 heavy (non-hydrogen) atoms. The van der Waals surface area contributed by atoms with E-state index in [1.165, 1.54) is 16.5 Å². The van der Waals surface area contributed by atoms with E-state index in [4.69, 9.17) is 24.2 Å². The molecule has 15 nitrogen and oxygen atoms in total. The Balaban J connectivity index is 1.10. The topological polar surface area (TPSA) is 195 Å². The minimum absolute atomic E-state index is 0.0259. The number of aromatic nitrogens is 2. The van der Waals surface area contributed by atoms with Gasteiger partial charge in [0.05, 0.1) is 35.8 Å². The zero-order valence-electron chi connectivity index (χ0n) is 34.4. The predicted octanol–water partition coefficient (Wildman–Crippen LogP) is 4.90. The molecule has 0 radical (unpaired) electrons. The number of hydrogen-bond donors (Lipinski definition) is 3. The summed E-state index contributed by atoms with van der Waals surface area (Å²) in [6.45, 7) is 7.36. The van der Waals surface area contributed by atoms with Crippen LogP contribution >= 0.6 is 0 Å². The number of hydrogen-bond acceptors (Lipinski definition) is 11. The Morgan fingerprint density at radius 3 is 2.42 bits per heavy atom. The van der Waals surface area contributed by atoms with Crippen LogP contribution in [0.3, 0.4) is 0 Å². The lowest BCUT2D eigenvalue weighted by molar-refractivity contribution is -0.141. The number of benzene rings is 1. The minimum atomic E-state index is -3.91. The van der Waals surface area contributed by atoms with Crippen LogP contribution in [0, 0.1) is 11.8 Å². The Morgan fingerprint density at radius 1 is 0.950 bits per heavy atom. The lowest BCUT2D eigenvalue weighted by Gasteiger charge is -2.31. The van der Waals surface area contributed by atoms with Gasteiger partial charge in [0.15, 0.2) is 0 Å². The van der Waals surface area contributed by atoms with E-state index in [1.807, 2.05) is 24.3 Å². The monoisotopic (exact) mass is 842 g/mol. The Labute approximate surface area is 350 Å². The summed E-state index contributed by atoms with van der Waals surface area (Å²) in [5.41, 5.74) is 2.60. The van der Waals surface area contributed by atoms with Gasteiger partial charge in [-0.15, -0.1) is 6.58 Å². The highest BCUT2D eigenvalue weighted by molar-refractivity contribution is 7.91. The fourth-order valence-corrected chi connectivity index (χ4v) is 10.2. The number of carbonyl (C=O) groups is 4. The molecule has 1 aromatic carbocycles. The van der Waals surface area contributed by atoms with Crippen molar-refractivity contribution in [3.63, 3.8) is 0 Å². The molecular formula is C44H54N6O9S. The first-order valence-electron chi connectivity index (χ1n) is 21.2. The van der Waals surface area contributed by atoms with Crippen molar-refractivity contribution < 1.29 is 41.8 Å². The third-order valence-electron chi connectivity index (χ3n) is 12.6. The van der Waals surface area contributed by atoms with Crippen molar-refractivity contribution in [2.75, 3.05) is 13.7 Å². The van der Waals surface area contributed by atoms with Crippen LogP contribution in [0.5, 0.6) is 11.5 Å². The summed E-state index contributed by atoms with van der Waals surface area (Å²) in [5.74, 6) is -1.86. The molecule has 8 rings (SSSR count). The van der Waals surface area contributed by atoms with Crippen LogP contribution in [-0.4, -0.2) is 95.8 Å².